The fourth-order valence-corrected chi connectivity index (χ4v) is 29.5. The zero-order chi connectivity index (χ0) is 70.7. The van der Waals surface area contributed by atoms with Crippen molar-refractivity contribution in [2.75, 3.05) is 9.80 Å². The number of hydrogen-bond donors (Lipinski definition) is 0. The van der Waals surface area contributed by atoms with Gasteiger partial charge in [0.25, 0.3) is 0 Å². The van der Waals surface area contributed by atoms with Crippen molar-refractivity contribution in [3.63, 3.8) is 0 Å². The van der Waals surface area contributed by atoms with E-state index >= 15 is 8.78 Å². The van der Waals surface area contributed by atoms with E-state index < -0.39 is 28.5 Å². The number of nitrogens with zero attached hydrogens (tertiary/aromatic N) is 6. The molecule has 520 valence electrons. The second kappa shape index (κ2) is 29.6. The maximum Gasteiger partial charge on any atom is 2.00 e. The Kier molecular flexibility index (Phi) is 19.1. The molecule has 12 aromatic carbocycles. The number of thiophene rings is 2. The first kappa shape index (κ1) is 69.9. The largest absolute Gasteiger partial charge is 2.00 e. The summed E-state index contributed by atoms with van der Waals surface area (Å²) in [6.45, 7) is 0. The van der Waals surface area contributed by atoms with Crippen molar-refractivity contribution in [3.05, 3.63) is 399 Å². The first-order valence-electron chi connectivity index (χ1n) is 35.3. The van der Waals surface area contributed by atoms with E-state index in [1.807, 2.05) is 144 Å². The van der Waals surface area contributed by atoms with Crippen molar-refractivity contribution in [1.29, 1.82) is 0 Å². The normalized spacial score (nSPS) is 13.5. The number of halogens is 2. The molecular formula is C94H60F2N6Pd2S2Si2. The molecule has 0 amide bonds. The number of alkyl halides is 2. The minimum absolute atomic E-state index is 0. The second-order valence-electron chi connectivity index (χ2n) is 26.4. The molecule has 108 heavy (non-hydrogen) atoms. The van der Waals surface area contributed by atoms with E-state index in [0.29, 0.717) is 22.3 Å². The molecule has 2 unspecified atom stereocenters. The van der Waals surface area contributed by atoms with Gasteiger partial charge in [0.05, 0.1) is 0 Å². The van der Waals surface area contributed by atoms with Gasteiger partial charge < -0.3 is 19.8 Å². The Labute approximate surface area is 662 Å². The first-order valence-corrected chi connectivity index (χ1v) is 40.9. The molecule has 2 aliphatic rings. The third-order valence-corrected chi connectivity index (χ3v) is 32.9. The predicted molar refractivity (Wildman–Crippen MR) is 439 cm³/mol. The molecule has 0 bridgehead atoms. The molecule has 18 aromatic rings. The molecule has 0 aliphatic carbocycles. The van der Waals surface area contributed by atoms with Crippen molar-refractivity contribution in [3.8, 4) is 22.5 Å². The van der Waals surface area contributed by atoms with Crippen LogP contribution in [0.25, 0.3) is 62.9 Å². The third kappa shape index (κ3) is 11.7. The van der Waals surface area contributed by atoms with Gasteiger partial charge in [0.15, 0.2) is 0 Å². The number of benzene rings is 12. The first-order chi connectivity index (χ1) is 52.4. The minimum atomic E-state index is -3.12. The number of anilines is 6. The van der Waals surface area contributed by atoms with Crippen LogP contribution in [0.2, 0.25) is 0 Å². The molecule has 2 aliphatic heterocycles. The van der Waals surface area contributed by atoms with Crippen molar-refractivity contribution in [2.45, 2.75) is 12.3 Å². The smallest absolute Gasteiger partial charge is 0.319 e. The van der Waals surface area contributed by atoms with Gasteiger partial charge in [-0.2, -0.15) is 36.4 Å². The molecule has 2 atom stereocenters. The minimum Gasteiger partial charge on any atom is -0.319 e. The zero-order valence-electron chi connectivity index (χ0n) is 57.5. The Balaban J connectivity index is 0.000000155. The van der Waals surface area contributed by atoms with E-state index in [4.69, 9.17) is 9.97 Å². The van der Waals surface area contributed by atoms with Crippen LogP contribution in [0.15, 0.2) is 352 Å². The maximum atomic E-state index is 17.0. The monoisotopic (exact) mass is 1640 g/mol. The van der Waals surface area contributed by atoms with Crippen LogP contribution in [-0.4, -0.2) is 36.1 Å². The van der Waals surface area contributed by atoms with Crippen LogP contribution >= 0.6 is 22.7 Å². The van der Waals surface area contributed by atoms with Crippen LogP contribution in [0.1, 0.15) is 34.6 Å². The molecule has 20 rings (SSSR count). The Hall–Kier alpha value is -11.1. The molecule has 0 spiro atoms. The van der Waals surface area contributed by atoms with Gasteiger partial charge in [-0.05, 0) is 88.5 Å². The summed E-state index contributed by atoms with van der Waals surface area (Å²) in [6, 6.07) is 127. The molecule has 0 fully saturated rings. The Morgan fingerprint density at radius 1 is 0.306 bits per heavy atom. The van der Waals surface area contributed by atoms with Gasteiger partial charge in [-0.3, -0.25) is 0 Å². The van der Waals surface area contributed by atoms with Crippen LogP contribution in [0, 0.1) is 24.3 Å². The van der Waals surface area contributed by atoms with Crippen LogP contribution < -0.4 is 51.3 Å². The van der Waals surface area contributed by atoms with Crippen molar-refractivity contribution in [1.82, 2.24) is 19.9 Å². The number of hydrogen-bond acceptors (Lipinski definition) is 8. The molecule has 0 saturated heterocycles. The van der Waals surface area contributed by atoms with Crippen molar-refractivity contribution in [2.24, 2.45) is 0 Å². The summed E-state index contributed by atoms with van der Waals surface area (Å²) in [5.41, 5.74) is 8.47. The Morgan fingerprint density at radius 3 is 1.17 bits per heavy atom. The average molecular weight is 1640 g/mol. The average Bonchev–Trinajstić information content (AvgIpc) is 1.13. The summed E-state index contributed by atoms with van der Waals surface area (Å²) in [5.74, 6) is 1.51. The van der Waals surface area contributed by atoms with Gasteiger partial charge in [0.2, 0.25) is 0 Å². The molecule has 6 aromatic heterocycles. The summed E-state index contributed by atoms with van der Waals surface area (Å²) < 4.78 is 39.1. The molecule has 0 saturated carbocycles. The van der Waals surface area contributed by atoms with Crippen LogP contribution in [0.4, 0.5) is 43.2 Å². The van der Waals surface area contributed by atoms with E-state index in [-0.39, 0.29) is 40.8 Å². The molecule has 14 heteroatoms. The number of aromatic nitrogens is 4. The third-order valence-electron chi connectivity index (χ3n) is 20.6. The van der Waals surface area contributed by atoms with Crippen LogP contribution in [0.5, 0.6) is 0 Å². The van der Waals surface area contributed by atoms with Gasteiger partial charge in [0, 0.05) is 76.5 Å². The standard InChI is InChI=1S/2C47H30FN3SSi.2Pd/c48-45(33-15-13-14-32(30-33)39-21-9-11-28-49-39)34-24-27-43-41(31-34)51(44-23-10-12-29-50-44)40-26-25-38-37-20-7-8-22-42(37)52-46(38)47(40)53(43,35-16-3-1-4-17-35)36-18-5-2-6-19-36;48-46(33-15-13-14-32(30-33)38-21-9-11-28-49-38)34-24-27-43-40(31-34)51(44-23-10-12-29-50-44)39-25-26-42-45(37-20-7-8-22-41(37)52-42)47(39)53(43,35-16-3-1-4-17-35)36-18-5-2-6-19-36;;/h1-29,45H;1-29,46H;;/q2*-2;2*+2. The number of fused-ring (bicyclic) bond motifs is 12. The van der Waals surface area contributed by atoms with Gasteiger partial charge in [0.1, 0.15) is 40.1 Å². The SMILES string of the molecule is FC(c1[c-]c(-c2ccccn2)ccc1)c1[c-]c2c(cc1)[Si](c1ccccc1)(c1ccccc1)c1c(ccc3c1sc1ccccc13)N2c1ccccn1.FC(c1[c-]c(-c2ccccn2)ccc1)c1[c-]c2c(cc1)[Si](c1ccccc1)(c1ccccc1)c1c(ccc3sc4ccccc4c13)N2c1ccccn1.[Pd+2].[Pd+2]. The second-order valence-corrected chi connectivity index (χ2v) is 35.9. The van der Waals surface area contributed by atoms with Crippen LogP contribution in [-0.2, 0) is 40.8 Å². The van der Waals surface area contributed by atoms with Gasteiger partial charge in [-0.15, -0.1) is 104 Å². The van der Waals surface area contributed by atoms with E-state index in [1.165, 1.54) is 71.5 Å². The fraction of sp³-hybridized carbons (Fsp3) is 0.0213. The van der Waals surface area contributed by atoms with E-state index in [1.54, 1.807) is 24.5 Å². The molecule has 0 N–H and O–H groups in total. The summed E-state index contributed by atoms with van der Waals surface area (Å²) >= 11 is 3.68. The summed E-state index contributed by atoms with van der Waals surface area (Å²) in [5, 5.41) is 14.9. The topological polar surface area (TPSA) is 58.0 Å². The van der Waals surface area contributed by atoms with Crippen molar-refractivity contribution >= 4 is 155 Å². The predicted octanol–water partition coefficient (Wildman–Crippen LogP) is 18.7. The Bertz CT molecular complexity index is 6210. The summed E-state index contributed by atoms with van der Waals surface area (Å²) in [6.07, 6.45) is 4.19. The maximum absolute atomic E-state index is 17.0. The fourth-order valence-electron chi connectivity index (χ4n) is 16.1. The Morgan fingerprint density at radius 2 is 0.704 bits per heavy atom. The van der Waals surface area contributed by atoms with E-state index in [9.17, 15) is 0 Å². The van der Waals surface area contributed by atoms with Gasteiger partial charge in [-0.25, -0.2) is 18.7 Å². The zero-order valence-corrected chi connectivity index (χ0v) is 64.3. The molecular weight excluding hydrogens is 1580 g/mol. The quantitative estimate of drug-likeness (QED) is 0.0897. The summed E-state index contributed by atoms with van der Waals surface area (Å²) in [7, 11) is -6.22. The van der Waals surface area contributed by atoms with E-state index in [0.717, 1.165) is 67.3 Å². The number of rotatable bonds is 12. The molecule has 8 heterocycles. The van der Waals surface area contributed by atoms with Gasteiger partial charge in [-0.1, -0.05) is 243 Å². The van der Waals surface area contributed by atoms with Crippen molar-refractivity contribution < 1.29 is 49.6 Å². The number of pyridine rings is 4. The van der Waals surface area contributed by atoms with Crippen LogP contribution in [0.3, 0.4) is 0 Å². The van der Waals surface area contributed by atoms with E-state index in [2.05, 4.69) is 250 Å². The molecule has 6 nitrogen and oxygen atoms in total. The van der Waals surface area contributed by atoms with Gasteiger partial charge >= 0.3 is 40.8 Å². The molecule has 0 radical (unpaired) electrons. The summed E-state index contributed by atoms with van der Waals surface area (Å²) in [4.78, 5) is 23.2.